The molecule has 1 aromatic heterocycles. The van der Waals surface area contributed by atoms with E-state index in [9.17, 15) is 0 Å². The Hall–Kier alpha value is -1.24. The van der Waals surface area contributed by atoms with Crippen LogP contribution in [0.15, 0.2) is 12.1 Å². The van der Waals surface area contributed by atoms with Gasteiger partial charge in [-0.05, 0) is 18.1 Å². The van der Waals surface area contributed by atoms with Crippen LogP contribution in [-0.2, 0) is 0 Å². The SMILES string of the molecule is Nc1ccc(Cl)nc1C#CCO. The standard InChI is InChI=1S/C8H7ClN2O/c9-8-4-3-6(10)7(11-8)2-1-5-12/h3-4,12H,5,10H2. The molecule has 0 aliphatic rings. The molecule has 3 nitrogen and oxygen atoms in total. The number of rotatable bonds is 0. The lowest BCUT2D eigenvalue weighted by molar-refractivity contribution is 0.350. The van der Waals surface area contributed by atoms with Crippen LogP contribution in [0.5, 0.6) is 0 Å². The molecule has 0 radical (unpaired) electrons. The van der Waals surface area contributed by atoms with Gasteiger partial charge in [-0.25, -0.2) is 4.98 Å². The number of nitrogens with two attached hydrogens (primary N) is 1. The summed E-state index contributed by atoms with van der Waals surface area (Å²) in [7, 11) is 0. The Kier molecular flexibility index (Phi) is 2.92. The Balaban J connectivity index is 3.05. The first-order valence-electron chi connectivity index (χ1n) is 3.26. The Labute approximate surface area is 75.2 Å². The molecule has 0 amide bonds. The summed E-state index contributed by atoms with van der Waals surface area (Å²) in [5.74, 6) is 5.02. The van der Waals surface area contributed by atoms with E-state index in [-0.39, 0.29) is 6.61 Å². The summed E-state index contributed by atoms with van der Waals surface area (Å²) < 4.78 is 0. The number of hydrogen-bond donors (Lipinski definition) is 2. The molecule has 62 valence electrons. The van der Waals surface area contributed by atoms with E-state index >= 15 is 0 Å². The molecule has 0 unspecified atom stereocenters. The molecule has 0 aliphatic heterocycles. The first-order chi connectivity index (χ1) is 5.74. The van der Waals surface area contributed by atoms with Crippen molar-refractivity contribution in [2.75, 3.05) is 12.3 Å². The number of nitrogen functional groups attached to an aromatic ring is 1. The van der Waals surface area contributed by atoms with E-state index in [2.05, 4.69) is 16.8 Å². The lowest BCUT2D eigenvalue weighted by Gasteiger charge is -1.95. The fraction of sp³-hybridized carbons (Fsp3) is 0.125. The molecule has 0 atom stereocenters. The van der Waals surface area contributed by atoms with E-state index in [1.54, 1.807) is 12.1 Å². The smallest absolute Gasteiger partial charge is 0.137 e. The minimum absolute atomic E-state index is 0.215. The van der Waals surface area contributed by atoms with Gasteiger partial charge >= 0.3 is 0 Å². The van der Waals surface area contributed by atoms with Gasteiger partial charge in [0.2, 0.25) is 0 Å². The number of aliphatic hydroxyl groups excluding tert-OH is 1. The summed E-state index contributed by atoms with van der Waals surface area (Å²) in [6.45, 7) is -0.215. The molecule has 12 heavy (non-hydrogen) atoms. The van der Waals surface area contributed by atoms with Crippen LogP contribution in [-0.4, -0.2) is 16.7 Å². The zero-order valence-corrected chi connectivity index (χ0v) is 6.97. The summed E-state index contributed by atoms with van der Waals surface area (Å²) in [5, 5.41) is 8.75. The van der Waals surface area contributed by atoms with Gasteiger partial charge in [0, 0.05) is 0 Å². The molecule has 3 N–H and O–H groups in total. The van der Waals surface area contributed by atoms with Crippen molar-refractivity contribution in [1.82, 2.24) is 4.98 Å². The van der Waals surface area contributed by atoms with Crippen molar-refractivity contribution < 1.29 is 5.11 Å². The largest absolute Gasteiger partial charge is 0.396 e. The van der Waals surface area contributed by atoms with E-state index < -0.39 is 0 Å². The predicted molar refractivity (Wildman–Crippen MR) is 47.6 cm³/mol. The van der Waals surface area contributed by atoms with Gasteiger partial charge in [0.25, 0.3) is 0 Å². The van der Waals surface area contributed by atoms with Crippen molar-refractivity contribution >= 4 is 17.3 Å². The molecule has 0 fully saturated rings. The number of pyridine rings is 1. The highest BCUT2D eigenvalue weighted by Crippen LogP contribution is 2.11. The van der Waals surface area contributed by atoms with Crippen LogP contribution in [0, 0.1) is 11.8 Å². The van der Waals surface area contributed by atoms with Gasteiger partial charge in [-0.1, -0.05) is 17.5 Å². The van der Waals surface area contributed by atoms with E-state index in [1.165, 1.54) is 0 Å². The van der Waals surface area contributed by atoms with Crippen molar-refractivity contribution in [3.63, 3.8) is 0 Å². The lowest BCUT2D eigenvalue weighted by atomic mass is 10.3. The third-order valence-electron chi connectivity index (χ3n) is 1.18. The number of halogens is 1. The van der Waals surface area contributed by atoms with Crippen LogP contribution in [0.4, 0.5) is 5.69 Å². The van der Waals surface area contributed by atoms with E-state index in [0.717, 1.165) is 0 Å². The Morgan fingerprint density at radius 1 is 1.58 bits per heavy atom. The normalized spacial score (nSPS) is 8.83. The maximum atomic E-state index is 8.41. The minimum Gasteiger partial charge on any atom is -0.396 e. The monoisotopic (exact) mass is 182 g/mol. The second kappa shape index (κ2) is 3.96. The average Bonchev–Trinajstić information content (AvgIpc) is 2.07. The van der Waals surface area contributed by atoms with E-state index in [1.807, 2.05) is 0 Å². The van der Waals surface area contributed by atoms with Gasteiger partial charge in [0.05, 0.1) is 5.69 Å². The van der Waals surface area contributed by atoms with Crippen molar-refractivity contribution in [2.24, 2.45) is 0 Å². The number of anilines is 1. The highest BCUT2D eigenvalue weighted by Gasteiger charge is 1.96. The van der Waals surface area contributed by atoms with Gasteiger partial charge < -0.3 is 10.8 Å². The van der Waals surface area contributed by atoms with Crippen molar-refractivity contribution in [3.05, 3.63) is 23.0 Å². The summed E-state index contributed by atoms with van der Waals surface area (Å²) in [6, 6.07) is 3.21. The second-order valence-electron chi connectivity index (χ2n) is 2.03. The Morgan fingerprint density at radius 3 is 3.00 bits per heavy atom. The quantitative estimate of drug-likeness (QED) is 0.458. The molecule has 0 saturated heterocycles. The van der Waals surface area contributed by atoms with Gasteiger partial charge in [-0.2, -0.15) is 0 Å². The molecule has 0 saturated carbocycles. The van der Waals surface area contributed by atoms with Crippen molar-refractivity contribution in [1.29, 1.82) is 0 Å². The number of nitrogens with zero attached hydrogens (tertiary/aromatic N) is 1. The van der Waals surface area contributed by atoms with Gasteiger partial charge in [0.15, 0.2) is 0 Å². The van der Waals surface area contributed by atoms with Crippen LogP contribution in [0.2, 0.25) is 5.15 Å². The molecule has 0 bridgehead atoms. The third-order valence-corrected chi connectivity index (χ3v) is 1.39. The highest BCUT2D eigenvalue weighted by atomic mass is 35.5. The maximum absolute atomic E-state index is 8.41. The van der Waals surface area contributed by atoms with Crippen molar-refractivity contribution in [2.45, 2.75) is 0 Å². The van der Waals surface area contributed by atoms with Crippen molar-refractivity contribution in [3.8, 4) is 11.8 Å². The molecule has 1 heterocycles. The summed E-state index contributed by atoms with van der Waals surface area (Å²) in [5.41, 5.74) is 6.38. The lowest BCUT2D eigenvalue weighted by Crippen LogP contribution is -1.93. The average molecular weight is 183 g/mol. The van der Waals surface area contributed by atoms with Gasteiger partial charge in [0.1, 0.15) is 17.5 Å². The van der Waals surface area contributed by atoms with E-state index in [0.29, 0.717) is 16.5 Å². The highest BCUT2D eigenvalue weighted by molar-refractivity contribution is 6.29. The van der Waals surface area contributed by atoms with Gasteiger partial charge in [-0.3, -0.25) is 0 Å². The fourth-order valence-electron chi connectivity index (χ4n) is 0.669. The molecular formula is C8H7ClN2O. The Morgan fingerprint density at radius 2 is 2.33 bits per heavy atom. The Bertz CT molecular complexity index is 341. The van der Waals surface area contributed by atoms with Crippen LogP contribution in [0.1, 0.15) is 5.69 Å². The van der Waals surface area contributed by atoms with Crippen LogP contribution >= 0.6 is 11.6 Å². The third kappa shape index (κ3) is 2.12. The van der Waals surface area contributed by atoms with Crippen LogP contribution in [0.25, 0.3) is 0 Å². The number of hydrogen-bond acceptors (Lipinski definition) is 3. The maximum Gasteiger partial charge on any atom is 0.137 e. The molecular weight excluding hydrogens is 176 g/mol. The number of aliphatic hydroxyl groups is 1. The first-order valence-corrected chi connectivity index (χ1v) is 3.63. The predicted octanol–water partition coefficient (Wildman–Crippen LogP) is 0.661. The van der Waals surface area contributed by atoms with E-state index in [4.69, 9.17) is 22.4 Å². The second-order valence-corrected chi connectivity index (χ2v) is 2.42. The molecule has 0 aromatic carbocycles. The van der Waals surface area contributed by atoms with Crippen LogP contribution in [0.3, 0.4) is 0 Å². The topological polar surface area (TPSA) is 59.1 Å². The van der Waals surface area contributed by atoms with Crippen LogP contribution < -0.4 is 5.73 Å². The zero-order chi connectivity index (χ0) is 8.97. The molecule has 4 heteroatoms. The summed E-state index contributed by atoms with van der Waals surface area (Å²) in [6.07, 6.45) is 0. The first kappa shape index (κ1) is 8.85. The summed E-state index contributed by atoms with van der Waals surface area (Å²) in [4.78, 5) is 3.87. The minimum atomic E-state index is -0.215. The summed E-state index contributed by atoms with van der Waals surface area (Å²) >= 11 is 5.60. The molecule has 0 aliphatic carbocycles. The van der Waals surface area contributed by atoms with Gasteiger partial charge in [-0.15, -0.1) is 0 Å². The number of aromatic nitrogens is 1. The zero-order valence-electron chi connectivity index (χ0n) is 6.21. The molecule has 1 rings (SSSR count). The molecule has 1 aromatic rings. The molecule has 0 spiro atoms. The fourth-order valence-corrected chi connectivity index (χ4v) is 0.817.